The highest BCUT2D eigenvalue weighted by Crippen LogP contribution is 2.02. The molecule has 5 nitrogen and oxygen atoms in total. The summed E-state index contributed by atoms with van der Waals surface area (Å²) >= 11 is 0. The molecule has 0 aromatic heterocycles. The lowest BCUT2D eigenvalue weighted by Crippen LogP contribution is -2.42. The van der Waals surface area contributed by atoms with Crippen molar-refractivity contribution in [2.24, 2.45) is 0 Å². The monoisotopic (exact) mass is 323 g/mol. The first-order valence-corrected chi connectivity index (χ1v) is 7.93. The van der Waals surface area contributed by atoms with E-state index in [0.29, 0.717) is 26.1 Å². The van der Waals surface area contributed by atoms with E-state index in [1.165, 1.54) is 12.1 Å². The maximum Gasteiger partial charge on any atom is 0.236 e. The molecule has 0 spiro atoms. The number of nitrogens with zero attached hydrogens (tertiary/aromatic N) is 2. The largest absolute Gasteiger partial charge is 0.355 e. The van der Waals surface area contributed by atoms with E-state index in [9.17, 15) is 14.0 Å². The van der Waals surface area contributed by atoms with Crippen LogP contribution in [-0.2, 0) is 16.0 Å². The van der Waals surface area contributed by atoms with Crippen molar-refractivity contribution in [1.29, 1.82) is 0 Å². The number of likely N-dealkylation sites (N-methyl/N-ethyl adjacent to an activating group) is 2. The number of nitrogens with one attached hydrogen (secondary N) is 1. The molecule has 2 amide bonds. The van der Waals surface area contributed by atoms with Gasteiger partial charge < -0.3 is 10.2 Å². The van der Waals surface area contributed by atoms with Crippen LogP contribution in [0.15, 0.2) is 24.3 Å². The van der Waals surface area contributed by atoms with Crippen LogP contribution in [0, 0.1) is 5.82 Å². The Hall–Kier alpha value is -1.95. The molecule has 1 aromatic carbocycles. The summed E-state index contributed by atoms with van der Waals surface area (Å²) in [7, 11) is 1.75. The van der Waals surface area contributed by atoms with Gasteiger partial charge in [-0.2, -0.15) is 0 Å². The van der Waals surface area contributed by atoms with Crippen LogP contribution in [0.5, 0.6) is 0 Å². The van der Waals surface area contributed by atoms with Crippen molar-refractivity contribution < 1.29 is 14.0 Å². The second-order valence-electron chi connectivity index (χ2n) is 5.46. The van der Waals surface area contributed by atoms with Crippen LogP contribution in [0.1, 0.15) is 19.4 Å². The lowest BCUT2D eigenvalue weighted by molar-refractivity contribution is -0.132. The minimum atomic E-state index is -0.266. The van der Waals surface area contributed by atoms with Crippen LogP contribution < -0.4 is 5.32 Å². The molecule has 0 atom stereocenters. The minimum absolute atomic E-state index is 0.0246. The highest BCUT2D eigenvalue weighted by Gasteiger charge is 2.14. The Kier molecular flexibility index (Phi) is 8.26. The molecule has 0 saturated carbocycles. The topological polar surface area (TPSA) is 52.7 Å². The molecule has 0 aliphatic rings. The molecule has 1 aromatic rings. The van der Waals surface area contributed by atoms with Crippen LogP contribution >= 0.6 is 0 Å². The van der Waals surface area contributed by atoms with Crippen molar-refractivity contribution in [3.05, 3.63) is 35.6 Å². The van der Waals surface area contributed by atoms with Crippen molar-refractivity contribution in [2.75, 3.05) is 39.8 Å². The summed E-state index contributed by atoms with van der Waals surface area (Å²) in [5, 5.41) is 2.81. The Labute approximate surface area is 137 Å². The van der Waals surface area contributed by atoms with Gasteiger partial charge >= 0.3 is 0 Å². The molecule has 128 valence electrons. The minimum Gasteiger partial charge on any atom is -0.355 e. The summed E-state index contributed by atoms with van der Waals surface area (Å²) in [6.07, 6.45) is 0.647. The third kappa shape index (κ3) is 7.23. The molecule has 1 rings (SSSR count). The Morgan fingerprint density at radius 2 is 1.70 bits per heavy atom. The molecule has 0 bridgehead atoms. The number of carbonyl (C=O) groups is 2. The first kappa shape index (κ1) is 19.1. The van der Waals surface area contributed by atoms with Gasteiger partial charge in [-0.3, -0.25) is 14.5 Å². The molecule has 0 radical (unpaired) electrons. The van der Waals surface area contributed by atoms with Crippen molar-refractivity contribution in [3.63, 3.8) is 0 Å². The van der Waals surface area contributed by atoms with Crippen LogP contribution in [0.2, 0.25) is 0 Å². The molecule has 6 heteroatoms. The molecule has 23 heavy (non-hydrogen) atoms. The Bertz CT molecular complexity index is 501. The van der Waals surface area contributed by atoms with Crippen molar-refractivity contribution in [3.8, 4) is 0 Å². The highest BCUT2D eigenvalue weighted by atomic mass is 19.1. The number of hydrogen-bond acceptors (Lipinski definition) is 3. The zero-order valence-corrected chi connectivity index (χ0v) is 14.1. The smallest absolute Gasteiger partial charge is 0.236 e. The van der Waals surface area contributed by atoms with Gasteiger partial charge in [0.25, 0.3) is 0 Å². The first-order valence-electron chi connectivity index (χ1n) is 7.93. The summed E-state index contributed by atoms with van der Waals surface area (Å²) in [6, 6.07) is 6.22. The van der Waals surface area contributed by atoms with E-state index >= 15 is 0 Å². The number of carbonyl (C=O) groups excluding carboxylic acids is 2. The van der Waals surface area contributed by atoms with E-state index < -0.39 is 0 Å². The molecule has 0 aliphatic carbocycles. The molecule has 0 heterocycles. The fourth-order valence-electron chi connectivity index (χ4n) is 2.26. The number of benzene rings is 1. The van der Waals surface area contributed by atoms with E-state index in [-0.39, 0.29) is 30.7 Å². The fraction of sp³-hybridized carbons (Fsp3) is 0.529. The number of halogens is 1. The van der Waals surface area contributed by atoms with Gasteiger partial charge in [-0.05, 0) is 45.0 Å². The number of rotatable bonds is 9. The van der Waals surface area contributed by atoms with Gasteiger partial charge in [0.2, 0.25) is 11.8 Å². The summed E-state index contributed by atoms with van der Waals surface area (Å²) in [4.78, 5) is 27.2. The van der Waals surface area contributed by atoms with Crippen molar-refractivity contribution in [2.45, 2.75) is 20.3 Å². The van der Waals surface area contributed by atoms with Crippen LogP contribution in [0.3, 0.4) is 0 Å². The van der Waals surface area contributed by atoms with E-state index in [1.807, 2.05) is 13.8 Å². The zero-order chi connectivity index (χ0) is 17.2. The van der Waals surface area contributed by atoms with Gasteiger partial charge in [0.05, 0.1) is 13.1 Å². The predicted octanol–water partition coefficient (Wildman–Crippen LogP) is 1.28. The fourth-order valence-corrected chi connectivity index (χ4v) is 2.26. The summed E-state index contributed by atoms with van der Waals surface area (Å²) in [5.41, 5.74) is 0.969. The number of hydrogen-bond donors (Lipinski definition) is 1. The average molecular weight is 323 g/mol. The second kappa shape index (κ2) is 9.94. The summed E-state index contributed by atoms with van der Waals surface area (Å²) < 4.78 is 12.8. The summed E-state index contributed by atoms with van der Waals surface area (Å²) in [6.45, 7) is 6.11. The average Bonchev–Trinajstić information content (AvgIpc) is 2.50. The normalized spacial score (nSPS) is 10.7. The van der Waals surface area contributed by atoms with E-state index in [0.717, 1.165) is 5.56 Å². The lowest BCUT2D eigenvalue weighted by Gasteiger charge is -2.22. The maximum atomic E-state index is 12.8. The standard InChI is InChI=1S/C17H26FN3O2/c1-4-21(5-2)17(23)13-20(3)12-16(22)19-11-10-14-6-8-15(18)9-7-14/h6-9H,4-5,10-13H2,1-3H3,(H,19,22). The van der Waals surface area contributed by atoms with Gasteiger partial charge in [0.1, 0.15) is 5.82 Å². The molecule has 0 fully saturated rings. The lowest BCUT2D eigenvalue weighted by atomic mass is 10.1. The number of amides is 2. The van der Waals surface area contributed by atoms with Gasteiger partial charge in [0, 0.05) is 19.6 Å². The third-order valence-electron chi connectivity index (χ3n) is 3.58. The van der Waals surface area contributed by atoms with Crippen molar-refractivity contribution in [1.82, 2.24) is 15.1 Å². The quantitative estimate of drug-likeness (QED) is 0.745. The Morgan fingerprint density at radius 3 is 2.26 bits per heavy atom. The molecule has 0 aliphatic heterocycles. The molecular weight excluding hydrogens is 297 g/mol. The molecule has 1 N–H and O–H groups in total. The van der Waals surface area contributed by atoms with Crippen molar-refractivity contribution >= 4 is 11.8 Å². The second-order valence-corrected chi connectivity index (χ2v) is 5.46. The Morgan fingerprint density at radius 1 is 1.09 bits per heavy atom. The third-order valence-corrected chi connectivity index (χ3v) is 3.58. The van der Waals surface area contributed by atoms with Gasteiger partial charge in [-0.15, -0.1) is 0 Å². The van der Waals surface area contributed by atoms with Crippen LogP contribution in [0.4, 0.5) is 4.39 Å². The SMILES string of the molecule is CCN(CC)C(=O)CN(C)CC(=O)NCCc1ccc(F)cc1. The molecular formula is C17H26FN3O2. The zero-order valence-electron chi connectivity index (χ0n) is 14.1. The van der Waals surface area contributed by atoms with Gasteiger partial charge in [-0.25, -0.2) is 4.39 Å². The first-order chi connectivity index (χ1) is 11.0. The predicted molar refractivity (Wildman–Crippen MR) is 88.5 cm³/mol. The van der Waals surface area contributed by atoms with Gasteiger partial charge in [-0.1, -0.05) is 12.1 Å². The molecule has 0 unspecified atom stereocenters. The van der Waals surface area contributed by atoms with Crippen LogP contribution in [0.25, 0.3) is 0 Å². The molecule has 0 saturated heterocycles. The highest BCUT2D eigenvalue weighted by molar-refractivity contribution is 5.81. The maximum absolute atomic E-state index is 12.8. The summed E-state index contributed by atoms with van der Waals surface area (Å²) in [5.74, 6) is -0.365. The van der Waals surface area contributed by atoms with Crippen LogP contribution in [-0.4, -0.2) is 61.4 Å². The van der Waals surface area contributed by atoms with Gasteiger partial charge in [0.15, 0.2) is 0 Å². The van der Waals surface area contributed by atoms with E-state index in [1.54, 1.807) is 29.0 Å². The Balaban J connectivity index is 2.27. The van der Waals surface area contributed by atoms with E-state index in [4.69, 9.17) is 0 Å². The van der Waals surface area contributed by atoms with E-state index in [2.05, 4.69) is 5.32 Å².